The largest absolute Gasteiger partial charge is 0.389 e. The first kappa shape index (κ1) is 22.9. The summed E-state index contributed by atoms with van der Waals surface area (Å²) in [7, 11) is 0. The number of nitrogens with zero attached hydrogens (tertiary/aromatic N) is 3. The normalized spacial score (nSPS) is 17.4. The Balaban J connectivity index is 1.54. The number of amides is 1. The highest BCUT2D eigenvalue weighted by Gasteiger charge is 2.33. The minimum atomic E-state index is -4.20. The van der Waals surface area contributed by atoms with Crippen LogP contribution in [0.1, 0.15) is 55.8 Å². The van der Waals surface area contributed by atoms with Gasteiger partial charge in [-0.05, 0) is 50.6 Å². The lowest BCUT2D eigenvalue weighted by Gasteiger charge is -2.26. The highest BCUT2D eigenvalue weighted by atomic mass is 19.4. The lowest BCUT2D eigenvalue weighted by atomic mass is 10.0. The van der Waals surface area contributed by atoms with Crippen molar-refractivity contribution in [3.05, 3.63) is 35.9 Å². The quantitative estimate of drug-likeness (QED) is 0.476. The molecule has 0 aromatic heterocycles. The third-order valence-electron chi connectivity index (χ3n) is 6.61. The van der Waals surface area contributed by atoms with E-state index in [1.54, 1.807) is 6.07 Å². The predicted octanol–water partition coefficient (Wildman–Crippen LogP) is 5.84. The van der Waals surface area contributed by atoms with Gasteiger partial charge in [-0.1, -0.05) is 31.9 Å². The van der Waals surface area contributed by atoms with Crippen LogP contribution in [0.2, 0.25) is 0 Å². The molecule has 0 aliphatic carbocycles. The topological polar surface area (TPSA) is 26.8 Å². The van der Waals surface area contributed by atoms with E-state index in [2.05, 4.69) is 16.7 Å². The third kappa shape index (κ3) is 4.87. The summed E-state index contributed by atoms with van der Waals surface area (Å²) in [6.07, 6.45) is -0.341. The second kappa shape index (κ2) is 9.69. The van der Waals surface area contributed by atoms with E-state index in [9.17, 15) is 18.0 Å². The van der Waals surface area contributed by atoms with Crippen LogP contribution in [0.25, 0.3) is 10.8 Å². The number of carbonyl (C=O) groups is 1. The van der Waals surface area contributed by atoms with Gasteiger partial charge in [-0.25, -0.2) is 0 Å². The predicted molar refractivity (Wildman–Crippen MR) is 124 cm³/mol. The van der Waals surface area contributed by atoms with Crippen LogP contribution in [-0.2, 0) is 0 Å². The fourth-order valence-electron chi connectivity index (χ4n) is 4.99. The summed E-state index contributed by atoms with van der Waals surface area (Å²) in [4.78, 5) is 19.4. The van der Waals surface area contributed by atoms with E-state index in [-0.39, 0.29) is 18.9 Å². The minimum Gasteiger partial charge on any atom is -0.370 e. The van der Waals surface area contributed by atoms with Crippen molar-refractivity contribution in [2.45, 2.75) is 51.6 Å². The van der Waals surface area contributed by atoms with Gasteiger partial charge in [0.25, 0.3) is 5.91 Å². The molecule has 2 aliphatic heterocycles. The Morgan fingerprint density at radius 3 is 2.50 bits per heavy atom. The van der Waals surface area contributed by atoms with Crippen LogP contribution >= 0.6 is 0 Å². The van der Waals surface area contributed by atoms with E-state index in [1.807, 2.05) is 24.3 Å². The van der Waals surface area contributed by atoms with E-state index in [1.165, 1.54) is 24.2 Å². The summed E-state index contributed by atoms with van der Waals surface area (Å²) < 4.78 is 37.8. The molecule has 0 N–H and O–H groups in total. The molecule has 32 heavy (non-hydrogen) atoms. The summed E-state index contributed by atoms with van der Waals surface area (Å²) in [5.41, 5.74) is 2.45. The molecule has 0 saturated carbocycles. The molecule has 2 heterocycles. The van der Waals surface area contributed by atoms with Crippen molar-refractivity contribution in [2.24, 2.45) is 0 Å². The number of unbranched alkanes of at least 4 members (excludes halogenated alkanes) is 2. The maximum Gasteiger partial charge on any atom is 0.389 e. The van der Waals surface area contributed by atoms with Gasteiger partial charge in [0.2, 0.25) is 0 Å². The number of hydrogen-bond donors (Lipinski definition) is 0. The van der Waals surface area contributed by atoms with Crippen molar-refractivity contribution < 1.29 is 18.0 Å². The Hall–Kier alpha value is -2.28. The molecule has 0 radical (unpaired) electrons. The molecule has 4 rings (SSSR count). The number of rotatable bonds is 8. The Kier molecular flexibility index (Phi) is 6.93. The standard InChI is InChI=1S/C25H32F3N3O/c1-2-3-4-13-29-14-7-15-30(18-17-29)21-10-11-22-23-19(21)8-5-9-20(23)24(32)31(22)16-6-12-25(26,27)28/h5,8-11H,2-4,6-7,12-18H2,1H3. The van der Waals surface area contributed by atoms with Crippen LogP contribution in [0.4, 0.5) is 24.5 Å². The van der Waals surface area contributed by atoms with E-state index >= 15 is 0 Å². The van der Waals surface area contributed by atoms with Crippen LogP contribution in [0, 0.1) is 0 Å². The molecule has 1 fully saturated rings. The molecular formula is C25H32F3N3O. The van der Waals surface area contributed by atoms with Crippen LogP contribution in [0.3, 0.4) is 0 Å². The van der Waals surface area contributed by atoms with Crippen molar-refractivity contribution in [3.8, 4) is 0 Å². The van der Waals surface area contributed by atoms with Crippen molar-refractivity contribution >= 4 is 28.1 Å². The maximum absolute atomic E-state index is 13.0. The van der Waals surface area contributed by atoms with Gasteiger partial charge in [-0.3, -0.25) is 4.79 Å². The lowest BCUT2D eigenvalue weighted by molar-refractivity contribution is -0.135. The molecule has 2 aromatic carbocycles. The summed E-state index contributed by atoms with van der Waals surface area (Å²) in [5.74, 6) is -0.192. The molecule has 2 aromatic rings. The third-order valence-corrected chi connectivity index (χ3v) is 6.61. The van der Waals surface area contributed by atoms with E-state index in [4.69, 9.17) is 0 Å². The van der Waals surface area contributed by atoms with Crippen molar-refractivity contribution in [1.29, 1.82) is 0 Å². The average Bonchev–Trinajstić information content (AvgIpc) is 2.91. The zero-order valence-electron chi connectivity index (χ0n) is 18.8. The smallest absolute Gasteiger partial charge is 0.370 e. The number of anilines is 2. The molecule has 0 spiro atoms. The van der Waals surface area contributed by atoms with Gasteiger partial charge in [0.05, 0.1) is 5.69 Å². The highest BCUT2D eigenvalue weighted by Crippen LogP contribution is 2.42. The molecular weight excluding hydrogens is 415 g/mol. The van der Waals surface area contributed by atoms with Gasteiger partial charge in [0.1, 0.15) is 0 Å². The van der Waals surface area contributed by atoms with Gasteiger partial charge in [-0.2, -0.15) is 13.2 Å². The number of hydrogen-bond acceptors (Lipinski definition) is 3. The molecule has 1 amide bonds. The van der Waals surface area contributed by atoms with E-state index in [0.29, 0.717) is 5.56 Å². The fourth-order valence-corrected chi connectivity index (χ4v) is 4.99. The van der Waals surface area contributed by atoms with Crippen molar-refractivity contribution in [2.75, 3.05) is 49.1 Å². The molecule has 174 valence electrons. The second-order valence-corrected chi connectivity index (χ2v) is 8.90. The van der Waals surface area contributed by atoms with Gasteiger partial charge in [0.15, 0.2) is 0 Å². The van der Waals surface area contributed by atoms with Crippen LogP contribution < -0.4 is 9.80 Å². The Morgan fingerprint density at radius 1 is 0.906 bits per heavy atom. The average molecular weight is 448 g/mol. The minimum absolute atomic E-state index is 0.0813. The Morgan fingerprint density at radius 2 is 1.72 bits per heavy atom. The lowest BCUT2D eigenvalue weighted by Crippen LogP contribution is -2.31. The number of carbonyl (C=O) groups excluding carboxylic acids is 1. The molecule has 1 saturated heterocycles. The molecule has 0 bridgehead atoms. The SMILES string of the molecule is CCCCCN1CCCN(c2ccc3c4c(cccc24)C(=O)N3CCCC(F)(F)F)CC1. The highest BCUT2D eigenvalue weighted by molar-refractivity contribution is 6.26. The number of halogens is 3. The number of benzene rings is 2. The first-order chi connectivity index (χ1) is 15.4. The van der Waals surface area contributed by atoms with E-state index in [0.717, 1.165) is 61.3 Å². The van der Waals surface area contributed by atoms with Crippen molar-refractivity contribution in [3.63, 3.8) is 0 Å². The molecule has 0 unspecified atom stereocenters. The molecule has 7 heteroatoms. The van der Waals surface area contributed by atoms with Crippen LogP contribution in [0.5, 0.6) is 0 Å². The summed E-state index contributed by atoms with van der Waals surface area (Å²) in [6, 6.07) is 9.68. The Bertz CT molecular complexity index is 959. The number of alkyl halides is 3. The van der Waals surface area contributed by atoms with Crippen LogP contribution in [0.15, 0.2) is 30.3 Å². The molecule has 2 aliphatic rings. The van der Waals surface area contributed by atoms with Gasteiger partial charge in [0, 0.05) is 54.6 Å². The monoisotopic (exact) mass is 447 g/mol. The van der Waals surface area contributed by atoms with Crippen LogP contribution in [-0.4, -0.2) is 56.3 Å². The zero-order chi connectivity index (χ0) is 22.7. The summed E-state index contributed by atoms with van der Waals surface area (Å²) in [5, 5.41) is 1.90. The summed E-state index contributed by atoms with van der Waals surface area (Å²) >= 11 is 0. The van der Waals surface area contributed by atoms with Gasteiger partial charge >= 0.3 is 6.18 Å². The zero-order valence-corrected chi connectivity index (χ0v) is 18.8. The van der Waals surface area contributed by atoms with E-state index < -0.39 is 12.6 Å². The molecule has 4 nitrogen and oxygen atoms in total. The maximum atomic E-state index is 13.0. The fraction of sp³-hybridized carbons (Fsp3) is 0.560. The Labute approximate surface area is 188 Å². The first-order valence-corrected chi connectivity index (χ1v) is 11.8. The van der Waals surface area contributed by atoms with Gasteiger partial charge < -0.3 is 14.7 Å². The summed E-state index contributed by atoms with van der Waals surface area (Å²) in [6.45, 7) is 7.48. The van der Waals surface area contributed by atoms with Gasteiger partial charge in [-0.15, -0.1) is 0 Å². The molecule has 0 atom stereocenters. The second-order valence-electron chi connectivity index (χ2n) is 8.90. The first-order valence-electron chi connectivity index (χ1n) is 11.8. The van der Waals surface area contributed by atoms with Crippen molar-refractivity contribution in [1.82, 2.24) is 4.90 Å².